The molecular formula is C12H15N7O2S. The van der Waals surface area contributed by atoms with E-state index in [1.165, 1.54) is 24.3 Å². The largest absolute Gasteiger partial charge is 0.369 e. The summed E-state index contributed by atoms with van der Waals surface area (Å²) in [4.78, 5) is -0.0319. The fourth-order valence-corrected chi connectivity index (χ4v) is 2.54. The van der Waals surface area contributed by atoms with Crippen LogP contribution in [0.3, 0.4) is 0 Å². The maximum Gasteiger partial charge on any atom is 0.285 e. The first-order chi connectivity index (χ1) is 10.3. The molecule has 0 aliphatic carbocycles. The molecule has 0 aliphatic rings. The van der Waals surface area contributed by atoms with Gasteiger partial charge < -0.3 is 11.5 Å². The predicted molar refractivity (Wildman–Crippen MR) is 81.7 cm³/mol. The Kier molecular flexibility index (Phi) is 4.22. The Hall–Kier alpha value is -2.75. The van der Waals surface area contributed by atoms with Crippen LogP contribution in [0.25, 0.3) is 0 Å². The van der Waals surface area contributed by atoms with Crippen molar-refractivity contribution >= 4 is 27.4 Å². The van der Waals surface area contributed by atoms with Gasteiger partial charge in [-0.3, -0.25) is 5.10 Å². The number of rotatable bonds is 4. The Labute approximate surface area is 127 Å². The number of nitrogens with one attached hydrogen (secondary N) is 1. The summed E-state index contributed by atoms with van der Waals surface area (Å²) in [5.41, 5.74) is 12.8. The lowest BCUT2D eigenvalue weighted by atomic mass is 10.3. The molecule has 9 nitrogen and oxygen atoms in total. The Balaban J connectivity index is 2.25. The van der Waals surface area contributed by atoms with Crippen LogP contribution in [0.5, 0.6) is 0 Å². The molecule has 22 heavy (non-hydrogen) atoms. The van der Waals surface area contributed by atoms with E-state index in [0.29, 0.717) is 11.4 Å². The molecule has 0 bridgehead atoms. The van der Waals surface area contributed by atoms with Crippen LogP contribution >= 0.6 is 0 Å². The molecule has 0 amide bonds. The van der Waals surface area contributed by atoms with E-state index in [0.717, 1.165) is 11.4 Å². The Bertz CT molecular complexity index is 811. The van der Waals surface area contributed by atoms with Crippen molar-refractivity contribution in [2.24, 2.45) is 26.1 Å². The number of guanidine groups is 1. The minimum atomic E-state index is -3.90. The number of H-pyrrole nitrogens is 1. The van der Waals surface area contributed by atoms with Gasteiger partial charge in [0.15, 0.2) is 0 Å². The van der Waals surface area contributed by atoms with E-state index < -0.39 is 16.0 Å². The SMILES string of the molecule is Cc1n[nH]c(C)c1N=Nc1ccc(S(=O)(=O)N=C(N)N)cc1. The third-order valence-electron chi connectivity index (χ3n) is 2.71. The van der Waals surface area contributed by atoms with Gasteiger partial charge >= 0.3 is 0 Å². The second-order valence-corrected chi connectivity index (χ2v) is 6.07. The Morgan fingerprint density at radius 3 is 2.27 bits per heavy atom. The Morgan fingerprint density at radius 1 is 1.14 bits per heavy atom. The molecule has 0 unspecified atom stereocenters. The van der Waals surface area contributed by atoms with Crippen LogP contribution in [-0.4, -0.2) is 24.6 Å². The monoisotopic (exact) mass is 321 g/mol. The van der Waals surface area contributed by atoms with E-state index >= 15 is 0 Å². The molecule has 10 heteroatoms. The molecule has 0 spiro atoms. The molecule has 0 saturated heterocycles. The highest BCUT2D eigenvalue weighted by molar-refractivity contribution is 7.90. The Morgan fingerprint density at radius 2 is 1.77 bits per heavy atom. The number of aromatic amines is 1. The second-order valence-electron chi connectivity index (χ2n) is 4.47. The summed E-state index contributed by atoms with van der Waals surface area (Å²) in [5, 5.41) is 14.9. The average Bonchev–Trinajstić information content (AvgIpc) is 2.75. The minimum absolute atomic E-state index is 0.0319. The van der Waals surface area contributed by atoms with E-state index in [-0.39, 0.29) is 4.90 Å². The summed E-state index contributed by atoms with van der Waals surface area (Å²) in [6, 6.07) is 5.71. The van der Waals surface area contributed by atoms with Crippen LogP contribution in [0.15, 0.2) is 43.8 Å². The van der Waals surface area contributed by atoms with Crippen molar-refractivity contribution in [1.82, 2.24) is 10.2 Å². The van der Waals surface area contributed by atoms with Gasteiger partial charge in [-0.05, 0) is 38.1 Å². The third-order valence-corrected chi connectivity index (χ3v) is 4.03. The quantitative estimate of drug-likeness (QED) is 0.441. The first-order valence-electron chi connectivity index (χ1n) is 6.19. The van der Waals surface area contributed by atoms with Crippen molar-refractivity contribution in [3.05, 3.63) is 35.7 Å². The lowest BCUT2D eigenvalue weighted by molar-refractivity contribution is 0.598. The molecule has 1 heterocycles. The number of hydrogen-bond donors (Lipinski definition) is 3. The molecule has 1 aromatic carbocycles. The van der Waals surface area contributed by atoms with Gasteiger partial charge in [0, 0.05) is 0 Å². The smallest absolute Gasteiger partial charge is 0.285 e. The number of aromatic nitrogens is 2. The van der Waals surface area contributed by atoms with Crippen LogP contribution in [0.4, 0.5) is 11.4 Å². The van der Waals surface area contributed by atoms with E-state index in [9.17, 15) is 8.42 Å². The van der Waals surface area contributed by atoms with E-state index in [2.05, 4.69) is 24.8 Å². The van der Waals surface area contributed by atoms with Gasteiger partial charge in [-0.1, -0.05) is 0 Å². The number of nitrogens with two attached hydrogens (primary N) is 2. The average molecular weight is 321 g/mol. The summed E-state index contributed by atoms with van der Waals surface area (Å²) < 4.78 is 26.7. The highest BCUT2D eigenvalue weighted by atomic mass is 32.2. The fourth-order valence-electron chi connectivity index (χ4n) is 1.68. The van der Waals surface area contributed by atoms with Crippen molar-refractivity contribution in [3.63, 3.8) is 0 Å². The molecule has 2 aromatic rings. The topological polar surface area (TPSA) is 152 Å². The van der Waals surface area contributed by atoms with Gasteiger partial charge in [0.2, 0.25) is 5.96 Å². The van der Waals surface area contributed by atoms with E-state index in [1.807, 2.05) is 13.8 Å². The first-order valence-corrected chi connectivity index (χ1v) is 7.63. The summed E-state index contributed by atoms with van der Waals surface area (Å²) >= 11 is 0. The van der Waals surface area contributed by atoms with Crippen LogP contribution in [-0.2, 0) is 10.0 Å². The number of sulfonamides is 1. The summed E-state index contributed by atoms with van der Waals surface area (Å²) in [6.07, 6.45) is 0. The van der Waals surface area contributed by atoms with E-state index in [1.54, 1.807) is 0 Å². The van der Waals surface area contributed by atoms with Crippen molar-refractivity contribution in [3.8, 4) is 0 Å². The van der Waals surface area contributed by atoms with Crippen LogP contribution in [0.2, 0.25) is 0 Å². The molecule has 5 N–H and O–H groups in total. The summed E-state index contributed by atoms with van der Waals surface area (Å²) in [6.45, 7) is 3.64. The van der Waals surface area contributed by atoms with Gasteiger partial charge in [0.1, 0.15) is 5.69 Å². The lowest BCUT2D eigenvalue weighted by Gasteiger charge is -1.99. The van der Waals surface area contributed by atoms with Gasteiger partial charge in [-0.25, -0.2) is 0 Å². The zero-order valence-corrected chi connectivity index (χ0v) is 12.8. The molecule has 0 fully saturated rings. The number of nitrogens with zero attached hydrogens (tertiary/aromatic N) is 4. The summed E-state index contributed by atoms with van der Waals surface area (Å²) in [5.74, 6) is -0.519. The second kappa shape index (κ2) is 5.93. The molecule has 1 aromatic heterocycles. The number of azo groups is 1. The fraction of sp³-hybridized carbons (Fsp3) is 0.167. The third kappa shape index (κ3) is 3.47. The van der Waals surface area contributed by atoms with Gasteiger partial charge in [-0.15, -0.1) is 9.51 Å². The zero-order valence-electron chi connectivity index (χ0n) is 12.0. The van der Waals surface area contributed by atoms with Crippen LogP contribution < -0.4 is 11.5 Å². The van der Waals surface area contributed by atoms with Crippen LogP contribution in [0.1, 0.15) is 11.4 Å². The molecule has 116 valence electrons. The van der Waals surface area contributed by atoms with Crippen molar-refractivity contribution < 1.29 is 8.42 Å². The molecule has 0 atom stereocenters. The first kappa shape index (κ1) is 15.6. The number of benzene rings is 1. The van der Waals surface area contributed by atoms with Crippen LogP contribution in [0, 0.1) is 13.8 Å². The van der Waals surface area contributed by atoms with Crippen molar-refractivity contribution in [2.45, 2.75) is 18.7 Å². The zero-order chi connectivity index (χ0) is 16.3. The molecule has 0 aliphatic heterocycles. The molecule has 0 saturated carbocycles. The lowest BCUT2D eigenvalue weighted by Crippen LogP contribution is -2.24. The van der Waals surface area contributed by atoms with Gasteiger partial charge in [0.25, 0.3) is 10.0 Å². The number of aryl methyl sites for hydroxylation is 2. The predicted octanol–water partition coefficient (Wildman–Crippen LogP) is 1.40. The number of hydrogen-bond acceptors (Lipinski definition) is 5. The molecule has 0 radical (unpaired) electrons. The minimum Gasteiger partial charge on any atom is -0.369 e. The highest BCUT2D eigenvalue weighted by Gasteiger charge is 2.12. The maximum atomic E-state index is 11.8. The normalized spacial score (nSPS) is 11.7. The maximum absolute atomic E-state index is 11.8. The van der Waals surface area contributed by atoms with Crippen molar-refractivity contribution in [1.29, 1.82) is 0 Å². The van der Waals surface area contributed by atoms with Crippen molar-refractivity contribution in [2.75, 3.05) is 0 Å². The standard InChI is InChI=1S/C12H15N7O2S/c1-7-11(8(2)16-15-7)18-17-9-3-5-10(6-4-9)22(20,21)19-12(13)14/h3-6H,1-2H3,(H,15,16)(H4,13,14,19). The van der Waals surface area contributed by atoms with Gasteiger partial charge in [-0.2, -0.15) is 18.6 Å². The highest BCUT2D eigenvalue weighted by Crippen LogP contribution is 2.24. The summed E-state index contributed by atoms with van der Waals surface area (Å²) in [7, 11) is -3.90. The van der Waals surface area contributed by atoms with Gasteiger partial charge in [0.05, 0.1) is 22.0 Å². The molecule has 2 rings (SSSR count). The van der Waals surface area contributed by atoms with E-state index in [4.69, 9.17) is 11.5 Å². The molecular weight excluding hydrogens is 306 g/mol.